The van der Waals surface area contributed by atoms with Crippen LogP contribution in [0.5, 0.6) is 0 Å². The van der Waals surface area contributed by atoms with Crippen LogP contribution in [-0.4, -0.2) is 48.4 Å². The monoisotopic (exact) mass is 522 g/mol. The van der Waals surface area contributed by atoms with E-state index < -0.39 is 0 Å². The van der Waals surface area contributed by atoms with Crippen LogP contribution in [0.4, 0.5) is 0 Å². The van der Waals surface area contributed by atoms with Gasteiger partial charge in [0.15, 0.2) is 0 Å². The normalized spacial score (nSPS) is 24.4. The molecule has 1 saturated heterocycles. The highest BCUT2D eigenvalue weighted by molar-refractivity contribution is 6.30. The molecule has 1 heterocycles. The van der Waals surface area contributed by atoms with Crippen molar-refractivity contribution in [3.05, 3.63) is 70.2 Å². The van der Waals surface area contributed by atoms with Gasteiger partial charge in [-0.15, -0.1) is 0 Å². The van der Waals surface area contributed by atoms with E-state index in [-0.39, 0.29) is 35.2 Å². The molecule has 3 aliphatic rings. The van der Waals surface area contributed by atoms with E-state index in [4.69, 9.17) is 16.3 Å². The van der Waals surface area contributed by atoms with Gasteiger partial charge in [0.25, 0.3) is 5.91 Å². The number of piperidine rings is 1. The zero-order valence-electron chi connectivity index (χ0n) is 21.4. The topological polar surface area (TPSA) is 75.7 Å². The van der Waals surface area contributed by atoms with Gasteiger partial charge >= 0.3 is 5.97 Å². The number of carbonyl (C=O) groups is 3. The van der Waals surface area contributed by atoms with E-state index in [1.165, 1.54) is 5.56 Å². The molecular formula is C30H35ClN2O4. The maximum Gasteiger partial charge on any atom is 0.338 e. The van der Waals surface area contributed by atoms with Crippen LogP contribution < -0.4 is 5.32 Å². The number of ether oxygens (including phenoxy) is 1. The quantitative estimate of drug-likeness (QED) is 0.501. The first-order valence-corrected chi connectivity index (χ1v) is 13.9. The van der Waals surface area contributed by atoms with Crippen LogP contribution in [0.25, 0.3) is 0 Å². The third-order valence-corrected chi connectivity index (χ3v) is 8.89. The van der Waals surface area contributed by atoms with Gasteiger partial charge in [0.2, 0.25) is 5.91 Å². The number of carbonyl (C=O) groups excluding carboxylic acids is 3. The van der Waals surface area contributed by atoms with E-state index in [2.05, 4.69) is 17.4 Å². The molecule has 2 aliphatic carbocycles. The van der Waals surface area contributed by atoms with Gasteiger partial charge in [-0.05, 0) is 105 Å². The summed E-state index contributed by atoms with van der Waals surface area (Å²) < 4.78 is 5.01. The Hall–Kier alpha value is -2.86. The van der Waals surface area contributed by atoms with Gasteiger partial charge in [-0.25, -0.2) is 4.79 Å². The minimum absolute atomic E-state index is 0.0102. The lowest BCUT2D eigenvalue weighted by Gasteiger charge is -2.33. The third kappa shape index (κ3) is 5.69. The van der Waals surface area contributed by atoms with Crippen LogP contribution in [-0.2, 0) is 9.53 Å². The van der Waals surface area contributed by atoms with Gasteiger partial charge in [0.1, 0.15) is 0 Å². The Bertz CT molecular complexity index is 1130. The number of nitrogens with one attached hydrogen (secondary N) is 1. The summed E-state index contributed by atoms with van der Waals surface area (Å²) in [7, 11) is 0. The van der Waals surface area contributed by atoms with E-state index in [0.717, 1.165) is 50.0 Å². The predicted molar refractivity (Wildman–Crippen MR) is 143 cm³/mol. The number of hydrogen-bond acceptors (Lipinski definition) is 4. The summed E-state index contributed by atoms with van der Waals surface area (Å²) in [6.07, 6.45) is 6.75. The minimum Gasteiger partial charge on any atom is -0.462 e. The minimum atomic E-state index is -0.377. The SMILES string of the molecule is CCOC(=O)c1ccc(C(=O)N2CCC3(CC2)CC3NC(=O)C2CCC(c3ccc(Cl)cc3)CC2)cc1. The molecular weight excluding hydrogens is 488 g/mol. The molecule has 0 radical (unpaired) electrons. The number of benzene rings is 2. The van der Waals surface area contributed by atoms with Crippen molar-refractivity contribution in [2.45, 2.75) is 63.8 Å². The number of amides is 2. The molecule has 0 bridgehead atoms. The summed E-state index contributed by atoms with van der Waals surface area (Å²) in [4.78, 5) is 39.7. The lowest BCUT2D eigenvalue weighted by molar-refractivity contribution is -0.126. The molecule has 2 saturated carbocycles. The standard InChI is InChI=1S/C30H35ClN2O4/c1-2-37-29(36)24-9-7-23(8-10-24)28(35)33-17-15-30(16-18-33)19-26(30)32-27(34)22-5-3-20(4-6-22)21-11-13-25(31)14-12-21/h7-14,20,22,26H,2-6,15-19H2,1H3,(H,32,34). The third-order valence-electron chi connectivity index (χ3n) is 8.64. The number of rotatable bonds is 6. The zero-order chi connectivity index (χ0) is 26.0. The van der Waals surface area contributed by atoms with Crippen LogP contribution in [0.15, 0.2) is 48.5 Å². The summed E-state index contributed by atoms with van der Waals surface area (Å²) in [6, 6.07) is 15.0. The fourth-order valence-electron chi connectivity index (χ4n) is 6.12. The molecule has 1 aliphatic heterocycles. The average molecular weight is 523 g/mol. The Morgan fingerprint density at radius 1 is 0.946 bits per heavy atom. The lowest BCUT2D eigenvalue weighted by Crippen LogP contribution is -2.42. The van der Waals surface area contributed by atoms with Crippen molar-refractivity contribution in [2.24, 2.45) is 11.3 Å². The summed E-state index contributed by atoms with van der Waals surface area (Å²) in [5.41, 5.74) is 2.49. The van der Waals surface area contributed by atoms with Crippen LogP contribution in [0.1, 0.15) is 84.1 Å². The van der Waals surface area contributed by atoms with Gasteiger partial charge in [0, 0.05) is 35.6 Å². The van der Waals surface area contributed by atoms with Gasteiger partial charge in [-0.2, -0.15) is 0 Å². The highest BCUT2D eigenvalue weighted by Crippen LogP contribution is 2.54. The fourth-order valence-corrected chi connectivity index (χ4v) is 6.24. The largest absolute Gasteiger partial charge is 0.462 e. The molecule has 7 heteroatoms. The fraction of sp³-hybridized carbons (Fsp3) is 0.500. The van der Waals surface area contributed by atoms with Gasteiger partial charge in [-0.1, -0.05) is 23.7 Å². The first-order chi connectivity index (χ1) is 17.9. The van der Waals surface area contributed by atoms with Crippen molar-refractivity contribution < 1.29 is 19.1 Å². The molecule has 196 valence electrons. The second-order valence-electron chi connectivity index (χ2n) is 10.8. The lowest BCUT2D eigenvalue weighted by atomic mass is 9.78. The van der Waals surface area contributed by atoms with Crippen LogP contribution in [0, 0.1) is 11.3 Å². The Balaban J connectivity index is 1.07. The number of halogens is 1. The van der Waals surface area contributed by atoms with E-state index in [1.54, 1.807) is 31.2 Å². The molecule has 1 spiro atoms. The van der Waals surface area contributed by atoms with Crippen molar-refractivity contribution in [1.29, 1.82) is 0 Å². The molecule has 2 aromatic carbocycles. The number of hydrogen-bond donors (Lipinski definition) is 1. The molecule has 1 N–H and O–H groups in total. The number of esters is 1. The van der Waals surface area contributed by atoms with Crippen LogP contribution in [0.2, 0.25) is 5.02 Å². The summed E-state index contributed by atoms with van der Waals surface area (Å²) in [5, 5.41) is 4.10. The molecule has 1 unspecified atom stereocenters. The Morgan fingerprint density at radius 2 is 1.57 bits per heavy atom. The smallest absolute Gasteiger partial charge is 0.338 e. The molecule has 37 heavy (non-hydrogen) atoms. The molecule has 3 fully saturated rings. The molecule has 5 rings (SSSR count). The van der Waals surface area contributed by atoms with Crippen LogP contribution in [0.3, 0.4) is 0 Å². The second kappa shape index (κ2) is 10.9. The number of likely N-dealkylation sites (tertiary alicyclic amines) is 1. The molecule has 6 nitrogen and oxygen atoms in total. The highest BCUT2D eigenvalue weighted by atomic mass is 35.5. The van der Waals surface area contributed by atoms with Gasteiger partial charge in [0.05, 0.1) is 12.2 Å². The van der Waals surface area contributed by atoms with Crippen molar-refractivity contribution >= 4 is 29.4 Å². The first kappa shape index (κ1) is 25.8. The molecule has 2 amide bonds. The van der Waals surface area contributed by atoms with Gasteiger partial charge in [-0.3, -0.25) is 9.59 Å². The van der Waals surface area contributed by atoms with E-state index in [1.807, 2.05) is 17.0 Å². The highest BCUT2D eigenvalue weighted by Gasteiger charge is 2.56. The predicted octanol–water partition coefficient (Wildman–Crippen LogP) is 5.60. The molecule has 1 atom stereocenters. The van der Waals surface area contributed by atoms with Gasteiger partial charge < -0.3 is 15.0 Å². The Labute approximate surface area is 223 Å². The van der Waals surface area contributed by atoms with E-state index >= 15 is 0 Å². The summed E-state index contributed by atoms with van der Waals surface area (Å²) >= 11 is 6.02. The van der Waals surface area contributed by atoms with Crippen molar-refractivity contribution in [3.8, 4) is 0 Å². The number of nitrogens with zero attached hydrogens (tertiary/aromatic N) is 1. The van der Waals surface area contributed by atoms with Crippen molar-refractivity contribution in [3.63, 3.8) is 0 Å². The Morgan fingerprint density at radius 3 is 2.19 bits per heavy atom. The molecule has 2 aromatic rings. The first-order valence-electron chi connectivity index (χ1n) is 13.5. The maximum absolute atomic E-state index is 13.0. The molecule has 0 aromatic heterocycles. The van der Waals surface area contributed by atoms with E-state index in [0.29, 0.717) is 36.7 Å². The summed E-state index contributed by atoms with van der Waals surface area (Å²) in [6.45, 7) is 3.47. The van der Waals surface area contributed by atoms with E-state index in [9.17, 15) is 14.4 Å². The maximum atomic E-state index is 13.0. The average Bonchev–Trinajstić information content (AvgIpc) is 3.59. The Kier molecular flexibility index (Phi) is 7.57. The van der Waals surface area contributed by atoms with Crippen molar-refractivity contribution in [2.75, 3.05) is 19.7 Å². The van der Waals surface area contributed by atoms with Crippen LogP contribution >= 0.6 is 11.6 Å². The van der Waals surface area contributed by atoms with Crippen molar-refractivity contribution in [1.82, 2.24) is 10.2 Å². The second-order valence-corrected chi connectivity index (χ2v) is 11.3. The zero-order valence-corrected chi connectivity index (χ0v) is 22.1. The summed E-state index contributed by atoms with van der Waals surface area (Å²) in [5.74, 6) is 0.427.